The molecule has 9 nitrogen and oxygen atoms in total. The van der Waals surface area contributed by atoms with Gasteiger partial charge in [0.1, 0.15) is 11.6 Å². The van der Waals surface area contributed by atoms with Gasteiger partial charge in [0.2, 0.25) is 17.7 Å². The highest BCUT2D eigenvalue weighted by molar-refractivity contribution is 8.00. The molecular weight excluding hydrogens is 425 g/mol. The van der Waals surface area contributed by atoms with E-state index in [9.17, 15) is 18.8 Å². The molecular formula is C20H24FN5O4S. The van der Waals surface area contributed by atoms with Crippen molar-refractivity contribution >= 4 is 41.0 Å². The quantitative estimate of drug-likeness (QED) is 0.630. The van der Waals surface area contributed by atoms with Crippen LogP contribution in [-0.2, 0) is 14.4 Å². The lowest BCUT2D eigenvalue weighted by Gasteiger charge is -2.34. The van der Waals surface area contributed by atoms with Crippen LogP contribution in [0, 0.1) is 12.7 Å². The number of rotatable bonds is 8. The summed E-state index contributed by atoms with van der Waals surface area (Å²) in [6.45, 7) is 4.14. The van der Waals surface area contributed by atoms with Crippen molar-refractivity contribution in [3.63, 3.8) is 0 Å². The Morgan fingerprint density at radius 2 is 1.77 bits per heavy atom. The van der Waals surface area contributed by atoms with Crippen molar-refractivity contribution in [3.05, 3.63) is 41.9 Å². The van der Waals surface area contributed by atoms with Gasteiger partial charge >= 0.3 is 0 Å². The number of benzene rings is 1. The number of carbonyl (C=O) groups is 3. The zero-order chi connectivity index (χ0) is 22.2. The van der Waals surface area contributed by atoms with Gasteiger partial charge in [-0.15, -0.1) is 11.8 Å². The third-order valence-electron chi connectivity index (χ3n) is 4.57. The van der Waals surface area contributed by atoms with Crippen LogP contribution in [0.3, 0.4) is 0 Å². The van der Waals surface area contributed by atoms with Gasteiger partial charge in [-0.05, 0) is 31.2 Å². The monoisotopic (exact) mass is 449 g/mol. The van der Waals surface area contributed by atoms with Crippen molar-refractivity contribution in [2.75, 3.05) is 54.9 Å². The van der Waals surface area contributed by atoms with Gasteiger partial charge < -0.3 is 20.1 Å². The van der Waals surface area contributed by atoms with Crippen LogP contribution in [0.2, 0.25) is 0 Å². The Kier molecular flexibility index (Phi) is 8.01. The number of thioether (sulfide) groups is 1. The lowest BCUT2D eigenvalue weighted by Crippen LogP contribution is -2.51. The number of nitrogens with one attached hydrogen (secondary N) is 2. The normalized spacial score (nSPS) is 14.3. The topological polar surface area (TPSA) is 108 Å². The summed E-state index contributed by atoms with van der Waals surface area (Å²) >= 11 is 1.24. The number of carbonyl (C=O) groups excluding carboxylic acids is 3. The Bertz CT molecular complexity index is 913. The van der Waals surface area contributed by atoms with Crippen LogP contribution in [0.25, 0.3) is 0 Å². The first-order valence-corrected chi connectivity index (χ1v) is 10.9. The summed E-state index contributed by atoms with van der Waals surface area (Å²) in [5.41, 5.74) is 0.542. The van der Waals surface area contributed by atoms with E-state index in [1.807, 2.05) is 4.90 Å². The Balaban J connectivity index is 1.31. The predicted octanol–water partition coefficient (Wildman–Crippen LogP) is 1.58. The first-order chi connectivity index (χ1) is 14.9. The van der Waals surface area contributed by atoms with Gasteiger partial charge in [-0.2, -0.15) is 0 Å². The number of hydrogen-bond donors (Lipinski definition) is 2. The van der Waals surface area contributed by atoms with E-state index in [4.69, 9.17) is 4.52 Å². The maximum atomic E-state index is 12.9. The molecule has 1 aliphatic heterocycles. The Morgan fingerprint density at radius 1 is 1.06 bits per heavy atom. The number of aryl methyl sites for hydroxylation is 1. The predicted molar refractivity (Wildman–Crippen MR) is 115 cm³/mol. The van der Waals surface area contributed by atoms with E-state index in [-0.39, 0.29) is 41.6 Å². The standard InChI is InChI=1S/C20H24FN5O4S/c1-14-10-17(24-30-14)23-19(28)12-31-13-20(29)26-8-6-25(7-9-26)11-18(27)22-16-4-2-15(21)3-5-16/h2-5,10H,6-9,11-13H2,1H3,(H,22,27)(H,23,24,28). The fraction of sp³-hybridized carbons (Fsp3) is 0.400. The van der Waals surface area contributed by atoms with Crippen LogP contribution in [0.15, 0.2) is 34.9 Å². The van der Waals surface area contributed by atoms with Crippen LogP contribution in [-0.4, -0.2) is 76.9 Å². The average molecular weight is 450 g/mol. The molecule has 1 saturated heterocycles. The number of hydrogen-bond acceptors (Lipinski definition) is 7. The lowest BCUT2D eigenvalue weighted by atomic mass is 10.3. The van der Waals surface area contributed by atoms with Crippen molar-refractivity contribution in [2.24, 2.45) is 0 Å². The minimum atomic E-state index is -0.359. The summed E-state index contributed by atoms with van der Waals surface area (Å²) in [7, 11) is 0. The Morgan fingerprint density at radius 3 is 2.42 bits per heavy atom. The van der Waals surface area contributed by atoms with Crippen LogP contribution >= 0.6 is 11.8 Å². The van der Waals surface area contributed by atoms with Gasteiger partial charge in [-0.1, -0.05) is 5.16 Å². The highest BCUT2D eigenvalue weighted by Gasteiger charge is 2.22. The molecule has 0 radical (unpaired) electrons. The lowest BCUT2D eigenvalue weighted by molar-refractivity contribution is -0.130. The molecule has 3 rings (SSSR count). The third kappa shape index (κ3) is 7.37. The first kappa shape index (κ1) is 22.8. The van der Waals surface area contributed by atoms with Crippen molar-refractivity contribution < 1.29 is 23.3 Å². The molecule has 0 unspecified atom stereocenters. The second-order valence-electron chi connectivity index (χ2n) is 7.08. The number of halogens is 1. The zero-order valence-electron chi connectivity index (χ0n) is 17.1. The van der Waals surface area contributed by atoms with Gasteiger partial charge in [-0.25, -0.2) is 4.39 Å². The molecule has 1 aliphatic rings. The van der Waals surface area contributed by atoms with Crippen LogP contribution in [0.1, 0.15) is 5.76 Å². The van der Waals surface area contributed by atoms with E-state index in [0.717, 1.165) is 0 Å². The number of amides is 3. The first-order valence-electron chi connectivity index (χ1n) is 9.75. The molecule has 1 fully saturated rings. The second-order valence-corrected chi connectivity index (χ2v) is 8.06. The van der Waals surface area contributed by atoms with Gasteiger partial charge in [0.25, 0.3) is 0 Å². The Hall–Kier alpha value is -2.92. The van der Waals surface area contributed by atoms with Crippen molar-refractivity contribution in [1.82, 2.24) is 15.0 Å². The molecule has 2 N–H and O–H groups in total. The van der Waals surface area contributed by atoms with E-state index in [1.165, 1.54) is 36.0 Å². The fourth-order valence-corrected chi connectivity index (χ4v) is 3.74. The summed E-state index contributed by atoms with van der Waals surface area (Å²) in [5.74, 6) is 0.475. The van der Waals surface area contributed by atoms with Crippen LogP contribution in [0.4, 0.5) is 15.9 Å². The minimum absolute atomic E-state index is 0.0366. The smallest absolute Gasteiger partial charge is 0.238 e. The fourth-order valence-electron chi connectivity index (χ4n) is 3.02. The second kappa shape index (κ2) is 10.9. The molecule has 1 aromatic heterocycles. The number of anilines is 2. The molecule has 2 aromatic rings. The molecule has 31 heavy (non-hydrogen) atoms. The van der Waals surface area contributed by atoms with E-state index in [1.54, 1.807) is 17.9 Å². The third-order valence-corrected chi connectivity index (χ3v) is 5.49. The Labute approximate surface area is 183 Å². The van der Waals surface area contributed by atoms with E-state index in [2.05, 4.69) is 15.8 Å². The van der Waals surface area contributed by atoms with Crippen LogP contribution < -0.4 is 10.6 Å². The number of nitrogens with zero attached hydrogens (tertiary/aromatic N) is 3. The van der Waals surface area contributed by atoms with E-state index < -0.39 is 0 Å². The number of aromatic nitrogens is 1. The molecule has 1 aromatic carbocycles. The summed E-state index contributed by atoms with van der Waals surface area (Å²) in [5, 5.41) is 9.02. The highest BCUT2D eigenvalue weighted by Crippen LogP contribution is 2.11. The molecule has 3 amide bonds. The summed E-state index contributed by atoms with van der Waals surface area (Å²) < 4.78 is 17.8. The van der Waals surface area contributed by atoms with E-state index in [0.29, 0.717) is 43.4 Å². The molecule has 166 valence electrons. The van der Waals surface area contributed by atoms with Gasteiger partial charge in [0.15, 0.2) is 5.82 Å². The van der Waals surface area contributed by atoms with E-state index >= 15 is 0 Å². The summed E-state index contributed by atoms with van der Waals surface area (Å²) in [4.78, 5) is 40.1. The molecule has 0 spiro atoms. The maximum Gasteiger partial charge on any atom is 0.238 e. The molecule has 2 heterocycles. The molecule has 0 saturated carbocycles. The van der Waals surface area contributed by atoms with Gasteiger partial charge in [0, 0.05) is 37.9 Å². The summed E-state index contributed by atoms with van der Waals surface area (Å²) in [6.07, 6.45) is 0. The minimum Gasteiger partial charge on any atom is -0.360 e. The average Bonchev–Trinajstić information content (AvgIpc) is 3.14. The van der Waals surface area contributed by atoms with Gasteiger partial charge in [-0.3, -0.25) is 19.3 Å². The zero-order valence-corrected chi connectivity index (χ0v) is 17.9. The highest BCUT2D eigenvalue weighted by atomic mass is 32.2. The van der Waals surface area contributed by atoms with Gasteiger partial charge in [0.05, 0.1) is 18.1 Å². The van der Waals surface area contributed by atoms with Crippen LogP contribution in [0.5, 0.6) is 0 Å². The molecule has 0 bridgehead atoms. The maximum absolute atomic E-state index is 12.9. The van der Waals surface area contributed by atoms with Crippen molar-refractivity contribution in [1.29, 1.82) is 0 Å². The molecule has 0 atom stereocenters. The van der Waals surface area contributed by atoms with Crippen molar-refractivity contribution in [2.45, 2.75) is 6.92 Å². The molecule has 11 heteroatoms. The van der Waals surface area contributed by atoms with Crippen molar-refractivity contribution in [3.8, 4) is 0 Å². The largest absolute Gasteiger partial charge is 0.360 e. The SMILES string of the molecule is Cc1cc(NC(=O)CSCC(=O)N2CCN(CC(=O)Nc3ccc(F)cc3)CC2)no1. The summed E-state index contributed by atoms with van der Waals surface area (Å²) in [6, 6.07) is 7.21. The number of piperazine rings is 1. The molecule has 0 aliphatic carbocycles.